The fraction of sp³-hybridized carbons (Fsp3) is 0.393. The van der Waals surface area contributed by atoms with Crippen LogP contribution >= 0.6 is 0 Å². The largest absolute Gasteiger partial charge is 0.489 e. The smallest absolute Gasteiger partial charge is 0.405 e. The molecule has 1 unspecified atom stereocenters. The summed E-state index contributed by atoms with van der Waals surface area (Å²) in [5, 5.41) is 2.54. The summed E-state index contributed by atoms with van der Waals surface area (Å²) in [6, 6.07) is 8.28. The molecule has 2 amide bonds. The third-order valence-electron chi connectivity index (χ3n) is 6.52. The van der Waals surface area contributed by atoms with Gasteiger partial charge in [0.2, 0.25) is 5.89 Å². The van der Waals surface area contributed by atoms with E-state index in [9.17, 15) is 18.4 Å². The van der Waals surface area contributed by atoms with E-state index in [0.717, 1.165) is 37.8 Å². The number of hydrogen-bond donors (Lipinski definition) is 2. The van der Waals surface area contributed by atoms with Gasteiger partial charge in [-0.3, -0.25) is 4.79 Å². The Balaban J connectivity index is 1.41. The number of carbonyl (C=O) groups is 2. The van der Waals surface area contributed by atoms with E-state index in [1.807, 2.05) is 0 Å². The Kier molecular flexibility index (Phi) is 7.67. The number of aromatic nitrogens is 1. The molecule has 11 heteroatoms. The molecule has 0 spiro atoms. The van der Waals surface area contributed by atoms with Gasteiger partial charge in [-0.2, -0.15) is 0 Å². The lowest BCUT2D eigenvalue weighted by Gasteiger charge is -2.13. The molecule has 1 heterocycles. The zero-order valence-corrected chi connectivity index (χ0v) is 21.4. The maximum absolute atomic E-state index is 14.1. The molecule has 2 aliphatic rings. The van der Waals surface area contributed by atoms with Gasteiger partial charge in [0.1, 0.15) is 11.6 Å². The number of benzene rings is 2. The number of ether oxygens (including phenoxy) is 3. The van der Waals surface area contributed by atoms with E-state index in [-0.39, 0.29) is 29.5 Å². The molecule has 3 aromatic rings. The molecule has 2 aromatic carbocycles. The van der Waals surface area contributed by atoms with Gasteiger partial charge in [0.25, 0.3) is 5.91 Å². The number of nitrogens with one attached hydrogen (secondary N) is 1. The number of halogens is 2. The number of amides is 2. The Morgan fingerprint density at radius 1 is 1.05 bits per heavy atom. The topological polar surface area (TPSA) is 126 Å². The first-order valence-electron chi connectivity index (χ1n) is 12.9. The van der Waals surface area contributed by atoms with Gasteiger partial charge in [-0.15, -0.1) is 0 Å². The predicted octanol–water partition coefficient (Wildman–Crippen LogP) is 5.28. The second-order valence-electron chi connectivity index (χ2n) is 9.90. The summed E-state index contributed by atoms with van der Waals surface area (Å²) in [5.41, 5.74) is 5.58. The molecule has 0 saturated heterocycles. The molecule has 1 atom stereocenters. The van der Waals surface area contributed by atoms with Crippen molar-refractivity contribution in [2.75, 3.05) is 13.2 Å². The SMILES string of the molecule is CC(OC(N)=O)c1oc(-c2ccc(OCC3CC3)c(OCC3CC3)c2)nc1C(=O)NCc1ccc(F)cc1F. The van der Waals surface area contributed by atoms with Gasteiger partial charge in [0.15, 0.2) is 29.1 Å². The molecule has 5 rings (SSSR count). The highest BCUT2D eigenvalue weighted by molar-refractivity contribution is 5.94. The first kappa shape index (κ1) is 26.5. The Morgan fingerprint density at radius 2 is 1.74 bits per heavy atom. The number of rotatable bonds is 12. The summed E-state index contributed by atoms with van der Waals surface area (Å²) >= 11 is 0. The van der Waals surface area contributed by atoms with E-state index in [1.165, 1.54) is 13.0 Å². The Hall–Kier alpha value is -4.15. The van der Waals surface area contributed by atoms with Crippen LogP contribution in [0.4, 0.5) is 13.6 Å². The van der Waals surface area contributed by atoms with E-state index in [4.69, 9.17) is 24.4 Å². The fourth-order valence-corrected chi connectivity index (χ4v) is 3.90. The van der Waals surface area contributed by atoms with Crippen molar-refractivity contribution in [2.24, 2.45) is 17.6 Å². The van der Waals surface area contributed by atoms with Crippen LogP contribution in [0.3, 0.4) is 0 Å². The lowest BCUT2D eigenvalue weighted by atomic mass is 10.2. The maximum atomic E-state index is 14.1. The van der Waals surface area contributed by atoms with E-state index >= 15 is 0 Å². The normalized spacial score (nSPS) is 15.5. The van der Waals surface area contributed by atoms with E-state index < -0.39 is 29.7 Å². The van der Waals surface area contributed by atoms with Crippen molar-refractivity contribution in [1.82, 2.24) is 10.3 Å². The fourth-order valence-electron chi connectivity index (χ4n) is 3.90. The van der Waals surface area contributed by atoms with E-state index in [0.29, 0.717) is 42.1 Å². The average Bonchev–Trinajstić information content (AvgIpc) is 3.83. The molecule has 0 aliphatic heterocycles. The van der Waals surface area contributed by atoms with Crippen LogP contribution in [-0.4, -0.2) is 30.2 Å². The van der Waals surface area contributed by atoms with Crippen molar-refractivity contribution in [3.05, 3.63) is 65.1 Å². The Labute approximate surface area is 223 Å². The van der Waals surface area contributed by atoms with Crippen LogP contribution in [0.25, 0.3) is 11.5 Å². The lowest BCUT2D eigenvalue weighted by molar-refractivity contribution is 0.0904. The minimum absolute atomic E-state index is 0.0459. The van der Waals surface area contributed by atoms with Crippen molar-refractivity contribution in [1.29, 1.82) is 0 Å². The van der Waals surface area contributed by atoms with Crippen molar-refractivity contribution in [2.45, 2.75) is 45.3 Å². The monoisotopic (exact) mass is 541 g/mol. The Morgan fingerprint density at radius 3 is 2.38 bits per heavy atom. The third kappa shape index (κ3) is 6.84. The highest BCUT2D eigenvalue weighted by Crippen LogP contribution is 2.38. The van der Waals surface area contributed by atoms with E-state index in [1.54, 1.807) is 18.2 Å². The Bertz CT molecular complexity index is 1370. The lowest BCUT2D eigenvalue weighted by Crippen LogP contribution is -2.26. The standard InChI is InChI=1S/C28H29F2N3O6/c1-15(38-28(31)35)25-24(26(34)32-12-19-6-8-20(29)11-21(19)30)33-27(39-25)18-7-9-22(36-13-16-2-3-16)23(10-18)37-14-17-4-5-17/h6-11,15-17H,2-5,12-14H2,1H3,(H2,31,35)(H,32,34). The van der Waals surface area contributed by atoms with Crippen molar-refractivity contribution < 1.29 is 37.0 Å². The highest BCUT2D eigenvalue weighted by Gasteiger charge is 2.28. The van der Waals surface area contributed by atoms with Gasteiger partial charge in [-0.05, 0) is 68.7 Å². The second-order valence-corrected chi connectivity index (χ2v) is 9.90. The van der Waals surface area contributed by atoms with Crippen molar-refractivity contribution in [3.63, 3.8) is 0 Å². The van der Waals surface area contributed by atoms with Crippen LogP contribution in [-0.2, 0) is 11.3 Å². The third-order valence-corrected chi connectivity index (χ3v) is 6.52. The molecular formula is C28H29F2N3O6. The quantitative estimate of drug-likeness (QED) is 0.319. The second kappa shape index (κ2) is 11.3. The summed E-state index contributed by atoms with van der Waals surface area (Å²) in [6.45, 7) is 2.43. The van der Waals surface area contributed by atoms with Crippen LogP contribution in [0.2, 0.25) is 0 Å². The summed E-state index contributed by atoms with van der Waals surface area (Å²) in [5.74, 6) is 0.0265. The van der Waals surface area contributed by atoms with Gasteiger partial charge in [-0.25, -0.2) is 18.6 Å². The number of primary amides is 1. The van der Waals surface area contributed by atoms with Gasteiger partial charge >= 0.3 is 6.09 Å². The van der Waals surface area contributed by atoms with Crippen LogP contribution in [0.1, 0.15) is 60.5 Å². The number of hydrogen-bond acceptors (Lipinski definition) is 7. The van der Waals surface area contributed by atoms with Crippen molar-refractivity contribution in [3.8, 4) is 23.0 Å². The first-order chi connectivity index (χ1) is 18.8. The summed E-state index contributed by atoms with van der Waals surface area (Å²) in [7, 11) is 0. The zero-order chi connectivity index (χ0) is 27.5. The molecule has 39 heavy (non-hydrogen) atoms. The molecule has 2 aliphatic carbocycles. The van der Waals surface area contributed by atoms with Crippen LogP contribution in [0.5, 0.6) is 11.5 Å². The number of nitrogens with zero attached hydrogens (tertiary/aromatic N) is 1. The minimum atomic E-state index is -1.06. The summed E-state index contributed by atoms with van der Waals surface area (Å²) in [6.07, 6.45) is 2.45. The molecule has 3 N–H and O–H groups in total. The maximum Gasteiger partial charge on any atom is 0.405 e. The number of oxazole rings is 1. The highest BCUT2D eigenvalue weighted by atomic mass is 19.1. The van der Waals surface area contributed by atoms with Gasteiger partial charge < -0.3 is 29.7 Å². The summed E-state index contributed by atoms with van der Waals surface area (Å²) in [4.78, 5) is 28.8. The van der Waals surface area contributed by atoms with Gasteiger partial charge in [-0.1, -0.05) is 6.07 Å². The first-order valence-corrected chi connectivity index (χ1v) is 12.9. The van der Waals surface area contributed by atoms with Crippen molar-refractivity contribution >= 4 is 12.0 Å². The molecular weight excluding hydrogens is 512 g/mol. The average molecular weight is 542 g/mol. The van der Waals surface area contributed by atoms with Gasteiger partial charge in [0.05, 0.1) is 13.2 Å². The molecule has 1 aromatic heterocycles. The van der Waals surface area contributed by atoms with Crippen LogP contribution in [0, 0.1) is 23.5 Å². The number of nitrogens with two attached hydrogens (primary N) is 1. The van der Waals surface area contributed by atoms with E-state index in [2.05, 4.69) is 10.3 Å². The molecule has 0 radical (unpaired) electrons. The molecule has 2 saturated carbocycles. The minimum Gasteiger partial charge on any atom is -0.489 e. The molecule has 2 fully saturated rings. The molecule has 9 nitrogen and oxygen atoms in total. The zero-order valence-electron chi connectivity index (χ0n) is 21.4. The van der Waals surface area contributed by atoms with Crippen LogP contribution in [0.15, 0.2) is 40.8 Å². The number of carbonyl (C=O) groups excluding carboxylic acids is 2. The van der Waals surface area contributed by atoms with Gasteiger partial charge in [0, 0.05) is 23.7 Å². The summed E-state index contributed by atoms with van der Waals surface area (Å²) < 4.78 is 50.2. The molecule has 206 valence electrons. The molecule has 0 bridgehead atoms. The predicted molar refractivity (Wildman–Crippen MR) is 135 cm³/mol. The van der Waals surface area contributed by atoms with Crippen LogP contribution < -0.4 is 20.5 Å².